The van der Waals surface area contributed by atoms with Crippen molar-refractivity contribution in [1.29, 1.82) is 0 Å². The fourth-order valence-electron chi connectivity index (χ4n) is 2.28. The van der Waals surface area contributed by atoms with Crippen molar-refractivity contribution >= 4 is 23.1 Å². The number of hydrogen-bond donors (Lipinski definition) is 1. The van der Waals surface area contributed by atoms with Gasteiger partial charge >= 0.3 is 0 Å². The van der Waals surface area contributed by atoms with E-state index in [4.69, 9.17) is 0 Å². The van der Waals surface area contributed by atoms with Gasteiger partial charge in [-0.2, -0.15) is 11.8 Å². The van der Waals surface area contributed by atoms with E-state index in [0.717, 1.165) is 17.5 Å². The third-order valence-corrected chi connectivity index (χ3v) is 5.31. The van der Waals surface area contributed by atoms with Crippen molar-refractivity contribution in [2.24, 2.45) is 0 Å². The summed E-state index contributed by atoms with van der Waals surface area (Å²) in [4.78, 5) is 4.49. The average molecular weight is 256 g/mol. The van der Waals surface area contributed by atoms with Crippen LogP contribution in [0.1, 0.15) is 36.9 Å². The fraction of sp³-hybridized carbons (Fsp3) is 0.750. The molecule has 4 heteroatoms. The maximum Gasteiger partial charge on any atom is 0.107 e. The van der Waals surface area contributed by atoms with E-state index >= 15 is 0 Å². The predicted molar refractivity (Wildman–Crippen MR) is 73.2 cm³/mol. The minimum absolute atomic E-state index is 0.703. The van der Waals surface area contributed by atoms with Crippen LogP contribution in [0.4, 0.5) is 0 Å². The van der Waals surface area contributed by atoms with Gasteiger partial charge in [0.15, 0.2) is 0 Å². The summed E-state index contributed by atoms with van der Waals surface area (Å²) in [5.41, 5.74) is 1.15. The fourth-order valence-corrected chi connectivity index (χ4v) is 4.22. The highest BCUT2D eigenvalue weighted by atomic mass is 32.2. The van der Waals surface area contributed by atoms with Gasteiger partial charge in [0.25, 0.3) is 0 Å². The molecule has 1 fully saturated rings. The second-order valence-electron chi connectivity index (χ2n) is 4.29. The summed E-state index contributed by atoms with van der Waals surface area (Å²) in [6.07, 6.45) is 4.10. The van der Waals surface area contributed by atoms with E-state index in [1.807, 2.05) is 0 Å². The van der Waals surface area contributed by atoms with E-state index in [1.54, 1.807) is 11.3 Å². The summed E-state index contributed by atoms with van der Waals surface area (Å²) in [5.74, 6) is 1.24. The Balaban J connectivity index is 1.80. The van der Waals surface area contributed by atoms with E-state index in [1.165, 1.54) is 30.0 Å². The van der Waals surface area contributed by atoms with Gasteiger partial charge in [-0.3, -0.25) is 0 Å². The molecule has 0 aromatic carbocycles. The molecule has 1 N–H and O–H groups in total. The molecule has 0 aliphatic heterocycles. The molecule has 2 atom stereocenters. The molecule has 0 saturated heterocycles. The smallest absolute Gasteiger partial charge is 0.107 e. The van der Waals surface area contributed by atoms with Gasteiger partial charge in [-0.15, -0.1) is 11.3 Å². The molecule has 1 aromatic heterocycles. The molecular formula is C12H20N2S2. The Kier molecular flexibility index (Phi) is 4.67. The Labute approximate surface area is 106 Å². The van der Waals surface area contributed by atoms with Crippen LogP contribution in [-0.4, -0.2) is 22.0 Å². The molecule has 1 heterocycles. The monoisotopic (exact) mass is 256 g/mol. The van der Waals surface area contributed by atoms with E-state index in [9.17, 15) is 0 Å². The van der Waals surface area contributed by atoms with Gasteiger partial charge < -0.3 is 5.32 Å². The maximum absolute atomic E-state index is 4.49. The molecule has 0 amide bonds. The van der Waals surface area contributed by atoms with Gasteiger partial charge in [0, 0.05) is 28.9 Å². The molecule has 1 saturated carbocycles. The SMILES string of the molecule is CCS[C@H]1CCC[C@@H]1NCc1nc(C)cs1. The lowest BCUT2D eigenvalue weighted by atomic mass is 10.2. The molecule has 0 radical (unpaired) electrons. The molecule has 16 heavy (non-hydrogen) atoms. The Morgan fingerprint density at radius 1 is 1.56 bits per heavy atom. The second kappa shape index (κ2) is 6.03. The van der Waals surface area contributed by atoms with E-state index in [2.05, 4.69) is 41.3 Å². The number of aryl methyl sites for hydroxylation is 1. The van der Waals surface area contributed by atoms with Gasteiger partial charge in [-0.25, -0.2) is 4.98 Å². The maximum atomic E-state index is 4.49. The number of nitrogens with one attached hydrogen (secondary N) is 1. The van der Waals surface area contributed by atoms with Crippen molar-refractivity contribution in [2.75, 3.05) is 5.75 Å². The Morgan fingerprint density at radius 2 is 2.44 bits per heavy atom. The molecule has 0 unspecified atom stereocenters. The average Bonchev–Trinajstić information content (AvgIpc) is 2.85. The van der Waals surface area contributed by atoms with Gasteiger partial charge in [0.2, 0.25) is 0 Å². The summed E-state index contributed by atoms with van der Waals surface area (Å²) >= 11 is 3.87. The van der Waals surface area contributed by atoms with Crippen molar-refractivity contribution < 1.29 is 0 Å². The molecule has 1 aliphatic carbocycles. The Bertz CT molecular complexity index is 325. The number of thiazole rings is 1. The molecule has 0 bridgehead atoms. The van der Waals surface area contributed by atoms with E-state index in [0.29, 0.717) is 6.04 Å². The zero-order valence-electron chi connectivity index (χ0n) is 10.0. The van der Waals surface area contributed by atoms with Gasteiger partial charge in [-0.05, 0) is 25.5 Å². The predicted octanol–water partition coefficient (Wildman–Crippen LogP) is 3.22. The topological polar surface area (TPSA) is 24.9 Å². The normalized spacial score (nSPS) is 25.1. The van der Waals surface area contributed by atoms with Crippen LogP contribution < -0.4 is 5.32 Å². The van der Waals surface area contributed by atoms with Crippen molar-refractivity contribution in [3.05, 3.63) is 16.1 Å². The lowest BCUT2D eigenvalue weighted by molar-refractivity contribution is 0.531. The number of aromatic nitrogens is 1. The molecule has 2 nitrogen and oxygen atoms in total. The van der Waals surface area contributed by atoms with Gasteiger partial charge in [0.1, 0.15) is 5.01 Å². The minimum Gasteiger partial charge on any atom is -0.307 e. The van der Waals surface area contributed by atoms with Crippen LogP contribution in [0.5, 0.6) is 0 Å². The minimum atomic E-state index is 0.703. The first-order valence-corrected chi connectivity index (χ1v) is 7.98. The molecule has 0 spiro atoms. The number of hydrogen-bond acceptors (Lipinski definition) is 4. The Hall–Kier alpha value is -0.0600. The zero-order chi connectivity index (χ0) is 11.4. The van der Waals surface area contributed by atoms with Crippen molar-refractivity contribution in [1.82, 2.24) is 10.3 Å². The van der Waals surface area contributed by atoms with E-state index in [-0.39, 0.29) is 0 Å². The highest BCUT2D eigenvalue weighted by molar-refractivity contribution is 7.99. The Morgan fingerprint density at radius 3 is 3.12 bits per heavy atom. The molecule has 1 aliphatic rings. The van der Waals surface area contributed by atoms with Gasteiger partial charge in [-0.1, -0.05) is 13.3 Å². The molecular weight excluding hydrogens is 236 g/mol. The quantitative estimate of drug-likeness (QED) is 0.875. The standard InChI is InChI=1S/C12H20N2S2/c1-3-15-11-6-4-5-10(11)13-7-12-14-9(2)8-16-12/h8,10-11,13H,3-7H2,1-2H3/t10-,11-/m0/s1. The lowest BCUT2D eigenvalue weighted by Crippen LogP contribution is -2.33. The summed E-state index contributed by atoms with van der Waals surface area (Å²) in [6.45, 7) is 5.26. The largest absolute Gasteiger partial charge is 0.307 e. The van der Waals surface area contributed by atoms with Crippen molar-refractivity contribution in [3.8, 4) is 0 Å². The van der Waals surface area contributed by atoms with Crippen molar-refractivity contribution in [3.63, 3.8) is 0 Å². The number of rotatable bonds is 5. The van der Waals surface area contributed by atoms with Crippen LogP contribution in [0.2, 0.25) is 0 Å². The summed E-state index contributed by atoms with van der Waals surface area (Å²) in [6, 6.07) is 0.703. The molecule has 90 valence electrons. The van der Waals surface area contributed by atoms with Crippen LogP contribution in [0.25, 0.3) is 0 Å². The third-order valence-electron chi connectivity index (χ3n) is 3.02. The highest BCUT2D eigenvalue weighted by Crippen LogP contribution is 2.30. The van der Waals surface area contributed by atoms with Crippen molar-refractivity contribution in [2.45, 2.75) is 50.9 Å². The summed E-state index contributed by atoms with van der Waals surface area (Å²) in [5, 5.41) is 7.85. The van der Waals surface area contributed by atoms with Crippen LogP contribution in [0.15, 0.2) is 5.38 Å². The van der Waals surface area contributed by atoms with E-state index < -0.39 is 0 Å². The lowest BCUT2D eigenvalue weighted by Gasteiger charge is -2.19. The summed E-state index contributed by atoms with van der Waals surface area (Å²) < 4.78 is 0. The summed E-state index contributed by atoms with van der Waals surface area (Å²) in [7, 11) is 0. The van der Waals surface area contributed by atoms with Crippen LogP contribution in [0, 0.1) is 6.92 Å². The third kappa shape index (κ3) is 3.22. The second-order valence-corrected chi connectivity index (χ2v) is 6.75. The van der Waals surface area contributed by atoms with Crippen LogP contribution >= 0.6 is 23.1 Å². The van der Waals surface area contributed by atoms with Crippen LogP contribution in [0.3, 0.4) is 0 Å². The first-order valence-electron chi connectivity index (χ1n) is 6.05. The molecule has 2 rings (SSSR count). The highest BCUT2D eigenvalue weighted by Gasteiger charge is 2.26. The number of thioether (sulfide) groups is 1. The first-order chi connectivity index (χ1) is 7.79. The van der Waals surface area contributed by atoms with Crippen LogP contribution in [-0.2, 0) is 6.54 Å². The zero-order valence-corrected chi connectivity index (χ0v) is 11.7. The van der Waals surface area contributed by atoms with Gasteiger partial charge in [0.05, 0.1) is 0 Å². The number of nitrogens with zero attached hydrogens (tertiary/aromatic N) is 1. The molecule has 1 aromatic rings. The first kappa shape index (κ1) is 12.4.